The molecule has 0 aliphatic heterocycles. The van der Waals surface area contributed by atoms with Gasteiger partial charge in [-0.2, -0.15) is 0 Å². The fourth-order valence-electron chi connectivity index (χ4n) is 1.71. The zero-order valence-corrected chi connectivity index (χ0v) is 10.1. The van der Waals surface area contributed by atoms with E-state index >= 15 is 0 Å². The molecule has 0 saturated carbocycles. The molecule has 0 aliphatic rings. The van der Waals surface area contributed by atoms with Gasteiger partial charge in [0.15, 0.2) is 0 Å². The van der Waals surface area contributed by atoms with E-state index < -0.39 is 0 Å². The minimum Gasteiger partial charge on any atom is -0.361 e. The Labute approximate surface area is 98.6 Å². The van der Waals surface area contributed by atoms with Crippen LogP contribution >= 0.6 is 23.2 Å². The van der Waals surface area contributed by atoms with E-state index in [0.29, 0.717) is 10.0 Å². The van der Waals surface area contributed by atoms with Crippen molar-refractivity contribution in [2.45, 2.75) is 13.0 Å². The summed E-state index contributed by atoms with van der Waals surface area (Å²) in [5.74, 6) is 0. The standard InChI is InChI=1S/C11H12Cl2N2/c1-6(14-2)8-5-15-10-4-7(12)3-9(13)11(8)10/h3-6,14-15H,1-2H3. The van der Waals surface area contributed by atoms with Crippen molar-refractivity contribution in [2.24, 2.45) is 0 Å². The highest BCUT2D eigenvalue weighted by molar-refractivity contribution is 6.38. The molecule has 80 valence electrons. The number of nitrogens with one attached hydrogen (secondary N) is 2. The molecule has 0 spiro atoms. The normalized spacial score (nSPS) is 13.3. The first-order valence-corrected chi connectivity index (χ1v) is 5.52. The van der Waals surface area contributed by atoms with Crippen LogP contribution in [0.15, 0.2) is 18.3 Å². The van der Waals surface area contributed by atoms with E-state index in [-0.39, 0.29) is 6.04 Å². The highest BCUT2D eigenvalue weighted by Crippen LogP contribution is 2.32. The van der Waals surface area contributed by atoms with Gasteiger partial charge in [0.05, 0.1) is 5.02 Å². The number of hydrogen-bond donors (Lipinski definition) is 2. The summed E-state index contributed by atoms with van der Waals surface area (Å²) in [7, 11) is 1.92. The Bertz CT molecular complexity index is 491. The zero-order valence-electron chi connectivity index (χ0n) is 8.57. The van der Waals surface area contributed by atoms with Gasteiger partial charge >= 0.3 is 0 Å². The summed E-state index contributed by atoms with van der Waals surface area (Å²) in [6.45, 7) is 2.09. The number of aromatic nitrogens is 1. The van der Waals surface area contributed by atoms with Crippen LogP contribution in [0, 0.1) is 0 Å². The third-order valence-corrected chi connectivity index (χ3v) is 3.14. The molecule has 2 N–H and O–H groups in total. The zero-order chi connectivity index (χ0) is 11.0. The van der Waals surface area contributed by atoms with Gasteiger partial charge in [-0.15, -0.1) is 0 Å². The second-order valence-corrected chi connectivity index (χ2v) is 4.41. The summed E-state index contributed by atoms with van der Waals surface area (Å²) in [6, 6.07) is 3.91. The molecule has 4 heteroatoms. The summed E-state index contributed by atoms with van der Waals surface area (Å²) in [6.07, 6.45) is 1.97. The number of aromatic amines is 1. The van der Waals surface area contributed by atoms with Crippen LogP contribution < -0.4 is 5.32 Å². The Balaban J connectivity index is 2.69. The van der Waals surface area contributed by atoms with Crippen LogP contribution in [-0.2, 0) is 0 Å². The number of rotatable bonds is 2. The highest BCUT2D eigenvalue weighted by Gasteiger charge is 2.12. The molecule has 2 rings (SSSR count). The number of fused-ring (bicyclic) bond motifs is 1. The lowest BCUT2D eigenvalue weighted by molar-refractivity contribution is 0.657. The molecule has 2 nitrogen and oxygen atoms in total. The topological polar surface area (TPSA) is 27.8 Å². The lowest BCUT2D eigenvalue weighted by Gasteiger charge is -2.09. The molecule has 1 heterocycles. The van der Waals surface area contributed by atoms with E-state index in [2.05, 4.69) is 17.2 Å². The Morgan fingerprint density at radius 1 is 1.33 bits per heavy atom. The number of halogens is 2. The third-order valence-electron chi connectivity index (χ3n) is 2.63. The van der Waals surface area contributed by atoms with Crippen molar-refractivity contribution in [1.29, 1.82) is 0 Å². The lowest BCUT2D eigenvalue weighted by atomic mass is 10.1. The van der Waals surface area contributed by atoms with E-state index in [0.717, 1.165) is 16.5 Å². The minimum absolute atomic E-state index is 0.262. The summed E-state index contributed by atoms with van der Waals surface area (Å²) in [4.78, 5) is 3.18. The Kier molecular flexibility index (Phi) is 2.91. The first-order chi connectivity index (χ1) is 7.13. The van der Waals surface area contributed by atoms with E-state index in [1.54, 1.807) is 6.07 Å². The van der Waals surface area contributed by atoms with Crippen molar-refractivity contribution < 1.29 is 0 Å². The van der Waals surface area contributed by atoms with Gasteiger partial charge in [-0.25, -0.2) is 0 Å². The van der Waals surface area contributed by atoms with Crippen molar-refractivity contribution in [1.82, 2.24) is 10.3 Å². The van der Waals surface area contributed by atoms with Crippen LogP contribution in [0.2, 0.25) is 10.0 Å². The van der Waals surface area contributed by atoms with Gasteiger partial charge in [-0.3, -0.25) is 0 Å². The van der Waals surface area contributed by atoms with Gasteiger partial charge < -0.3 is 10.3 Å². The predicted molar refractivity (Wildman–Crippen MR) is 65.8 cm³/mol. The van der Waals surface area contributed by atoms with Crippen molar-refractivity contribution in [2.75, 3.05) is 7.05 Å². The maximum absolute atomic E-state index is 6.18. The predicted octanol–water partition coefficient (Wildman–Crippen LogP) is 3.76. The Hall–Kier alpha value is -0.700. The van der Waals surface area contributed by atoms with Crippen LogP contribution in [0.5, 0.6) is 0 Å². The molecular weight excluding hydrogens is 231 g/mol. The lowest BCUT2D eigenvalue weighted by Crippen LogP contribution is -2.11. The van der Waals surface area contributed by atoms with Crippen molar-refractivity contribution in [3.63, 3.8) is 0 Å². The number of benzene rings is 1. The summed E-state index contributed by atoms with van der Waals surface area (Å²) >= 11 is 12.1. The van der Waals surface area contributed by atoms with E-state index in [4.69, 9.17) is 23.2 Å². The van der Waals surface area contributed by atoms with Crippen LogP contribution in [-0.4, -0.2) is 12.0 Å². The van der Waals surface area contributed by atoms with E-state index in [1.165, 1.54) is 0 Å². The van der Waals surface area contributed by atoms with E-state index in [9.17, 15) is 0 Å². The fourth-order valence-corrected chi connectivity index (χ4v) is 2.31. The average Bonchev–Trinajstić information content (AvgIpc) is 2.60. The fraction of sp³-hybridized carbons (Fsp3) is 0.273. The second kappa shape index (κ2) is 4.05. The molecule has 15 heavy (non-hydrogen) atoms. The van der Waals surface area contributed by atoms with Gasteiger partial charge in [0.2, 0.25) is 0 Å². The largest absolute Gasteiger partial charge is 0.361 e. The van der Waals surface area contributed by atoms with Crippen molar-refractivity contribution >= 4 is 34.1 Å². The molecular formula is C11H12Cl2N2. The monoisotopic (exact) mass is 242 g/mol. The molecule has 1 atom stereocenters. The maximum atomic E-state index is 6.18. The van der Waals surface area contributed by atoms with Gasteiger partial charge in [0, 0.05) is 28.2 Å². The molecule has 0 amide bonds. The Morgan fingerprint density at radius 3 is 2.73 bits per heavy atom. The van der Waals surface area contributed by atoms with Gasteiger partial charge in [-0.05, 0) is 31.7 Å². The Morgan fingerprint density at radius 2 is 2.07 bits per heavy atom. The summed E-state index contributed by atoms with van der Waals surface area (Å²) in [5, 5.41) is 5.58. The molecule has 0 fully saturated rings. The SMILES string of the molecule is CNC(C)c1c[nH]c2cc(Cl)cc(Cl)c12. The number of hydrogen-bond acceptors (Lipinski definition) is 1. The van der Waals surface area contributed by atoms with Crippen molar-refractivity contribution in [3.8, 4) is 0 Å². The first-order valence-electron chi connectivity index (χ1n) is 4.76. The molecule has 1 aromatic carbocycles. The molecule has 1 aromatic heterocycles. The molecule has 0 aliphatic carbocycles. The van der Waals surface area contributed by atoms with Gasteiger partial charge in [-0.1, -0.05) is 23.2 Å². The van der Waals surface area contributed by atoms with Gasteiger partial charge in [0.1, 0.15) is 0 Å². The number of H-pyrrole nitrogens is 1. The van der Waals surface area contributed by atoms with Crippen LogP contribution in [0.3, 0.4) is 0 Å². The van der Waals surface area contributed by atoms with Crippen LogP contribution in [0.4, 0.5) is 0 Å². The molecule has 0 bridgehead atoms. The third kappa shape index (κ3) is 1.85. The molecule has 0 radical (unpaired) electrons. The smallest absolute Gasteiger partial charge is 0.0518 e. The van der Waals surface area contributed by atoms with Crippen LogP contribution in [0.25, 0.3) is 10.9 Å². The molecule has 0 saturated heterocycles. The maximum Gasteiger partial charge on any atom is 0.0518 e. The van der Waals surface area contributed by atoms with Crippen molar-refractivity contribution in [3.05, 3.63) is 33.9 Å². The summed E-state index contributed by atoms with van der Waals surface area (Å²) < 4.78 is 0. The summed E-state index contributed by atoms with van der Waals surface area (Å²) in [5.41, 5.74) is 2.14. The quantitative estimate of drug-likeness (QED) is 0.825. The van der Waals surface area contributed by atoms with Gasteiger partial charge in [0.25, 0.3) is 0 Å². The minimum atomic E-state index is 0.262. The highest BCUT2D eigenvalue weighted by atomic mass is 35.5. The first kappa shape index (κ1) is 10.8. The molecule has 2 aromatic rings. The molecule has 1 unspecified atom stereocenters. The van der Waals surface area contributed by atoms with Crippen LogP contribution in [0.1, 0.15) is 18.5 Å². The average molecular weight is 243 g/mol. The second-order valence-electron chi connectivity index (χ2n) is 3.56. The van der Waals surface area contributed by atoms with E-state index in [1.807, 2.05) is 19.3 Å².